The minimum atomic E-state index is -0.396. The minimum absolute atomic E-state index is 0.0217. The van der Waals surface area contributed by atoms with Crippen molar-refractivity contribution < 1.29 is 14.5 Å². The molecule has 1 aliphatic heterocycles. The van der Waals surface area contributed by atoms with E-state index in [4.69, 9.17) is 4.74 Å². The van der Waals surface area contributed by atoms with E-state index in [0.717, 1.165) is 0 Å². The Hall–Kier alpha value is -1.85. The number of rotatable bonds is 3. The second-order valence-electron chi connectivity index (χ2n) is 4.43. The van der Waals surface area contributed by atoms with E-state index >= 15 is 0 Å². The molecule has 0 N–H and O–H groups in total. The molecular weight excluding hydrogens is 236 g/mol. The molecule has 0 unspecified atom stereocenters. The lowest BCUT2D eigenvalue weighted by Gasteiger charge is -2.27. The molecular formula is C12H18N2O4. The maximum atomic E-state index is 11.2. The molecule has 100 valence electrons. The van der Waals surface area contributed by atoms with Crippen molar-refractivity contribution in [3.63, 3.8) is 0 Å². The number of amides is 1. The van der Waals surface area contributed by atoms with Gasteiger partial charge in [0.15, 0.2) is 0 Å². The molecule has 1 heterocycles. The smallest absolute Gasteiger partial charge is 0.248 e. The Morgan fingerprint density at radius 2 is 2.22 bits per heavy atom. The first kappa shape index (κ1) is 14.2. The average Bonchev–Trinajstić information content (AvgIpc) is 2.28. The van der Waals surface area contributed by atoms with Gasteiger partial charge < -0.3 is 9.64 Å². The average molecular weight is 254 g/mol. The van der Waals surface area contributed by atoms with Gasteiger partial charge in [-0.3, -0.25) is 14.9 Å². The molecule has 0 aromatic rings. The number of hydrogen-bond donors (Lipinski definition) is 0. The van der Waals surface area contributed by atoms with E-state index in [1.807, 2.05) is 0 Å². The van der Waals surface area contributed by atoms with Crippen molar-refractivity contribution in [2.45, 2.75) is 20.8 Å². The summed E-state index contributed by atoms with van der Waals surface area (Å²) in [6.07, 6.45) is 3.02. The lowest BCUT2D eigenvalue weighted by Crippen LogP contribution is -2.38. The fraction of sp³-hybridized carbons (Fsp3) is 0.583. The van der Waals surface area contributed by atoms with Crippen LogP contribution in [0.25, 0.3) is 0 Å². The van der Waals surface area contributed by atoms with E-state index in [9.17, 15) is 14.9 Å². The summed E-state index contributed by atoms with van der Waals surface area (Å²) in [6, 6.07) is 0. The number of allylic oxidation sites excluding steroid dienone is 3. The second kappa shape index (κ2) is 6.18. The fourth-order valence-electron chi connectivity index (χ4n) is 1.61. The van der Waals surface area contributed by atoms with Crippen LogP contribution in [0.2, 0.25) is 0 Å². The van der Waals surface area contributed by atoms with Crippen molar-refractivity contribution in [1.29, 1.82) is 0 Å². The number of nitro groups is 1. The number of ether oxygens (including phenoxy) is 1. The molecule has 1 aliphatic rings. The van der Waals surface area contributed by atoms with Crippen LogP contribution in [-0.2, 0) is 9.53 Å². The van der Waals surface area contributed by atoms with Gasteiger partial charge in [0.05, 0.1) is 18.0 Å². The fourth-order valence-corrected chi connectivity index (χ4v) is 1.61. The van der Waals surface area contributed by atoms with E-state index in [2.05, 4.69) is 0 Å². The zero-order valence-corrected chi connectivity index (χ0v) is 10.9. The highest BCUT2D eigenvalue weighted by molar-refractivity contribution is 5.73. The highest BCUT2D eigenvalue weighted by atomic mass is 16.6. The highest BCUT2D eigenvalue weighted by Gasteiger charge is 2.18. The third-order valence-corrected chi connectivity index (χ3v) is 2.68. The molecule has 0 radical (unpaired) electrons. The monoisotopic (exact) mass is 254 g/mol. The molecule has 0 aliphatic carbocycles. The Balaban J connectivity index is 2.79. The normalized spacial score (nSPS) is 19.0. The molecule has 18 heavy (non-hydrogen) atoms. The number of carbonyl (C=O) groups is 1. The molecule has 6 heteroatoms. The molecule has 0 bridgehead atoms. The molecule has 0 aromatic carbocycles. The quantitative estimate of drug-likeness (QED) is 0.566. The van der Waals surface area contributed by atoms with Crippen LogP contribution in [0.1, 0.15) is 20.8 Å². The summed E-state index contributed by atoms with van der Waals surface area (Å²) in [4.78, 5) is 23.3. The SMILES string of the molecule is CC(=O)N1CCO/C(=C/C=C(\C(C)C)[N+](=O)[O-])C1. The highest BCUT2D eigenvalue weighted by Crippen LogP contribution is 2.13. The van der Waals surface area contributed by atoms with Crippen LogP contribution in [0.5, 0.6) is 0 Å². The predicted molar refractivity (Wildman–Crippen MR) is 66.2 cm³/mol. The first-order chi connectivity index (χ1) is 8.41. The van der Waals surface area contributed by atoms with Crippen LogP contribution < -0.4 is 0 Å². The summed E-state index contributed by atoms with van der Waals surface area (Å²) in [5.41, 5.74) is 0.131. The Morgan fingerprint density at radius 3 is 2.72 bits per heavy atom. The number of nitrogens with zero attached hydrogens (tertiary/aromatic N) is 2. The molecule has 0 aromatic heterocycles. The summed E-state index contributed by atoms with van der Waals surface area (Å²) >= 11 is 0. The van der Waals surface area contributed by atoms with Gasteiger partial charge in [0.25, 0.3) is 0 Å². The van der Waals surface area contributed by atoms with Crippen molar-refractivity contribution in [3.05, 3.63) is 33.7 Å². The summed E-state index contributed by atoms with van der Waals surface area (Å²) in [6.45, 7) is 6.37. The lowest BCUT2D eigenvalue weighted by molar-refractivity contribution is -0.432. The number of hydrogen-bond acceptors (Lipinski definition) is 4. The molecule has 0 spiro atoms. The number of morpholine rings is 1. The maximum Gasteiger partial charge on any atom is 0.248 e. The van der Waals surface area contributed by atoms with Crippen molar-refractivity contribution in [2.24, 2.45) is 5.92 Å². The van der Waals surface area contributed by atoms with Gasteiger partial charge in [-0.15, -0.1) is 0 Å². The predicted octanol–water partition coefficient (Wildman–Crippen LogP) is 1.57. The summed E-state index contributed by atoms with van der Waals surface area (Å²) < 4.78 is 5.37. The maximum absolute atomic E-state index is 11.2. The first-order valence-corrected chi connectivity index (χ1v) is 5.85. The summed E-state index contributed by atoms with van der Waals surface area (Å²) in [5.74, 6) is 0.396. The van der Waals surface area contributed by atoms with E-state index in [1.54, 1.807) is 24.8 Å². The van der Waals surface area contributed by atoms with Crippen molar-refractivity contribution in [3.8, 4) is 0 Å². The van der Waals surface area contributed by atoms with E-state index in [0.29, 0.717) is 25.5 Å². The van der Waals surface area contributed by atoms with Crippen molar-refractivity contribution in [2.75, 3.05) is 19.7 Å². The van der Waals surface area contributed by atoms with Crippen LogP contribution in [0.4, 0.5) is 0 Å². The van der Waals surface area contributed by atoms with Gasteiger partial charge in [0.2, 0.25) is 11.6 Å². The summed E-state index contributed by atoms with van der Waals surface area (Å²) in [5, 5.41) is 10.8. The van der Waals surface area contributed by atoms with E-state index in [-0.39, 0.29) is 17.5 Å². The van der Waals surface area contributed by atoms with Gasteiger partial charge in [0, 0.05) is 18.9 Å². The van der Waals surface area contributed by atoms with Crippen molar-refractivity contribution >= 4 is 5.91 Å². The Bertz CT molecular complexity index is 399. The second-order valence-corrected chi connectivity index (χ2v) is 4.43. The Kier molecular flexibility index (Phi) is 4.88. The Labute approximate surface area is 106 Å². The third kappa shape index (κ3) is 3.87. The lowest BCUT2D eigenvalue weighted by atomic mass is 10.1. The van der Waals surface area contributed by atoms with Crippen LogP contribution in [0.15, 0.2) is 23.6 Å². The largest absolute Gasteiger partial charge is 0.494 e. The van der Waals surface area contributed by atoms with Gasteiger partial charge in [-0.05, 0) is 6.08 Å². The molecule has 0 atom stereocenters. The van der Waals surface area contributed by atoms with Gasteiger partial charge in [-0.1, -0.05) is 13.8 Å². The third-order valence-electron chi connectivity index (χ3n) is 2.68. The van der Waals surface area contributed by atoms with Crippen LogP contribution in [0.3, 0.4) is 0 Å². The zero-order valence-electron chi connectivity index (χ0n) is 10.9. The van der Waals surface area contributed by atoms with Gasteiger partial charge in [-0.25, -0.2) is 0 Å². The summed E-state index contributed by atoms with van der Waals surface area (Å²) in [7, 11) is 0. The number of carbonyl (C=O) groups excluding carboxylic acids is 1. The van der Waals surface area contributed by atoms with Crippen LogP contribution in [-0.4, -0.2) is 35.4 Å². The molecule has 1 saturated heterocycles. The van der Waals surface area contributed by atoms with Gasteiger partial charge in [-0.2, -0.15) is 0 Å². The van der Waals surface area contributed by atoms with Gasteiger partial charge >= 0.3 is 0 Å². The first-order valence-electron chi connectivity index (χ1n) is 5.85. The van der Waals surface area contributed by atoms with Crippen molar-refractivity contribution in [1.82, 2.24) is 4.90 Å². The standard InChI is InChI=1S/C12H18N2O4/c1-9(2)12(14(16)17)5-4-11-8-13(10(3)15)6-7-18-11/h4-5,9H,6-8H2,1-3H3/b11-4+,12-5+. The molecule has 1 fully saturated rings. The van der Waals surface area contributed by atoms with E-state index < -0.39 is 4.92 Å². The molecule has 0 saturated carbocycles. The van der Waals surface area contributed by atoms with Crippen LogP contribution >= 0.6 is 0 Å². The molecule has 1 rings (SSSR count). The van der Waals surface area contributed by atoms with E-state index in [1.165, 1.54) is 13.0 Å². The van der Waals surface area contributed by atoms with Crippen LogP contribution in [0, 0.1) is 16.0 Å². The molecule has 6 nitrogen and oxygen atoms in total. The Morgan fingerprint density at radius 1 is 1.56 bits per heavy atom. The topological polar surface area (TPSA) is 72.7 Å². The minimum Gasteiger partial charge on any atom is -0.494 e. The molecule has 1 amide bonds. The zero-order chi connectivity index (χ0) is 13.7. The van der Waals surface area contributed by atoms with Gasteiger partial charge in [0.1, 0.15) is 12.4 Å².